The molecule has 0 bridgehead atoms. The lowest BCUT2D eigenvalue weighted by Gasteiger charge is -2.25. The lowest BCUT2D eigenvalue weighted by Crippen LogP contribution is -2.51. The number of hydrogen-bond donors (Lipinski definition) is 3. The zero-order chi connectivity index (χ0) is 29.0. The van der Waals surface area contributed by atoms with Crippen molar-refractivity contribution in [3.8, 4) is 0 Å². The SMILES string of the molecule is O=C(Nc1ccc(C[C@@H](NC(=O)[C@@H]2CCCN2S(=O)(=O)c2cc(Cl)cc(Cl)c2)C(=O)O)cc1)c1ccc(Cl)cc1. The first kappa shape index (κ1) is 29.8. The summed E-state index contributed by atoms with van der Waals surface area (Å²) in [6, 6.07) is 14.4. The fraction of sp³-hybridized carbons (Fsp3) is 0.222. The molecule has 40 heavy (non-hydrogen) atoms. The number of nitrogens with one attached hydrogen (secondary N) is 2. The summed E-state index contributed by atoms with van der Waals surface area (Å²) in [5.74, 6) is -2.33. The van der Waals surface area contributed by atoms with E-state index in [1.807, 2.05) is 0 Å². The number of carbonyl (C=O) groups is 3. The van der Waals surface area contributed by atoms with Crippen molar-refractivity contribution in [2.24, 2.45) is 0 Å². The van der Waals surface area contributed by atoms with Gasteiger partial charge in [0.15, 0.2) is 0 Å². The number of rotatable bonds is 9. The van der Waals surface area contributed by atoms with Gasteiger partial charge in [-0.25, -0.2) is 13.2 Å². The minimum absolute atomic E-state index is 0.0597. The maximum absolute atomic E-state index is 13.3. The molecule has 0 aromatic heterocycles. The van der Waals surface area contributed by atoms with Crippen LogP contribution in [0.15, 0.2) is 71.6 Å². The molecule has 0 saturated carbocycles. The molecular weight excluding hydrogens is 601 g/mol. The monoisotopic (exact) mass is 623 g/mol. The molecule has 0 spiro atoms. The Morgan fingerprint density at radius 1 is 0.925 bits per heavy atom. The predicted molar refractivity (Wildman–Crippen MR) is 152 cm³/mol. The quantitative estimate of drug-likeness (QED) is 0.311. The van der Waals surface area contributed by atoms with E-state index in [1.165, 1.54) is 18.2 Å². The van der Waals surface area contributed by atoms with Gasteiger partial charge in [-0.2, -0.15) is 4.31 Å². The molecule has 1 aliphatic rings. The summed E-state index contributed by atoms with van der Waals surface area (Å²) in [5.41, 5.74) is 1.50. The van der Waals surface area contributed by atoms with Crippen molar-refractivity contribution in [3.63, 3.8) is 0 Å². The van der Waals surface area contributed by atoms with Gasteiger partial charge in [-0.3, -0.25) is 9.59 Å². The lowest BCUT2D eigenvalue weighted by molar-refractivity contribution is -0.142. The van der Waals surface area contributed by atoms with Crippen LogP contribution in [0.25, 0.3) is 0 Å². The van der Waals surface area contributed by atoms with E-state index in [0.29, 0.717) is 28.3 Å². The van der Waals surface area contributed by atoms with E-state index in [9.17, 15) is 27.9 Å². The van der Waals surface area contributed by atoms with Crippen LogP contribution >= 0.6 is 34.8 Å². The normalized spacial score (nSPS) is 16.3. The Hall–Kier alpha value is -3.15. The maximum Gasteiger partial charge on any atom is 0.326 e. The Labute approximate surface area is 246 Å². The van der Waals surface area contributed by atoms with E-state index >= 15 is 0 Å². The Kier molecular flexibility index (Phi) is 9.37. The highest BCUT2D eigenvalue weighted by molar-refractivity contribution is 7.89. The first-order chi connectivity index (χ1) is 18.9. The van der Waals surface area contributed by atoms with Crippen molar-refractivity contribution in [1.82, 2.24) is 9.62 Å². The number of carbonyl (C=O) groups excluding carboxylic acids is 2. The van der Waals surface area contributed by atoms with Crippen molar-refractivity contribution in [3.05, 3.63) is 92.9 Å². The molecule has 3 N–H and O–H groups in total. The average molecular weight is 625 g/mol. The van der Waals surface area contributed by atoms with Gasteiger partial charge in [0.1, 0.15) is 12.1 Å². The summed E-state index contributed by atoms with van der Waals surface area (Å²) in [6.07, 6.45) is 0.593. The van der Waals surface area contributed by atoms with E-state index in [2.05, 4.69) is 10.6 Å². The van der Waals surface area contributed by atoms with Gasteiger partial charge in [0.05, 0.1) is 4.90 Å². The minimum Gasteiger partial charge on any atom is -0.480 e. The van der Waals surface area contributed by atoms with Gasteiger partial charge in [0, 0.05) is 39.3 Å². The summed E-state index contributed by atoms with van der Waals surface area (Å²) >= 11 is 17.8. The zero-order valence-electron chi connectivity index (χ0n) is 20.8. The lowest BCUT2D eigenvalue weighted by atomic mass is 10.0. The van der Waals surface area contributed by atoms with Crippen LogP contribution < -0.4 is 10.6 Å². The van der Waals surface area contributed by atoms with Crippen molar-refractivity contribution in [2.75, 3.05) is 11.9 Å². The van der Waals surface area contributed by atoms with Crippen LogP contribution in [0, 0.1) is 0 Å². The van der Waals surface area contributed by atoms with Crippen LogP contribution in [0.3, 0.4) is 0 Å². The fourth-order valence-corrected chi connectivity index (χ4v) is 6.84. The minimum atomic E-state index is -4.11. The van der Waals surface area contributed by atoms with E-state index < -0.39 is 34.0 Å². The molecule has 0 aliphatic carbocycles. The third kappa shape index (κ3) is 7.13. The molecule has 1 aliphatic heterocycles. The molecule has 9 nitrogen and oxygen atoms in total. The second-order valence-corrected chi connectivity index (χ2v) is 12.3. The highest BCUT2D eigenvalue weighted by Crippen LogP contribution is 2.30. The number of nitrogens with zero attached hydrogens (tertiary/aromatic N) is 1. The number of anilines is 1. The average Bonchev–Trinajstić information content (AvgIpc) is 3.40. The molecule has 1 fully saturated rings. The standard InChI is InChI=1S/C27H24Cl3N3O6S/c28-18-7-5-17(6-8-18)25(34)31-21-9-3-16(4-10-21)12-23(27(36)37)32-26(35)24-2-1-11-33(24)40(38,39)22-14-19(29)13-20(30)15-22/h3-10,13-15,23-24H,1-2,11-12H2,(H,31,34)(H,32,35)(H,36,37)/t23-,24+/m1/s1. The Balaban J connectivity index is 1.42. The van der Waals surface area contributed by atoms with Gasteiger partial charge >= 0.3 is 5.97 Å². The van der Waals surface area contributed by atoms with Gasteiger partial charge in [-0.1, -0.05) is 46.9 Å². The first-order valence-electron chi connectivity index (χ1n) is 12.1. The summed E-state index contributed by atoms with van der Waals surface area (Å²) in [4.78, 5) is 37.4. The number of sulfonamides is 1. The topological polar surface area (TPSA) is 133 Å². The molecule has 2 atom stereocenters. The summed E-state index contributed by atoms with van der Waals surface area (Å²) in [6.45, 7) is 0.0888. The second-order valence-electron chi connectivity index (χ2n) is 9.14. The number of benzene rings is 3. The molecule has 3 aromatic carbocycles. The molecule has 1 heterocycles. The van der Waals surface area contributed by atoms with Gasteiger partial charge in [0.2, 0.25) is 15.9 Å². The van der Waals surface area contributed by atoms with Crippen molar-refractivity contribution in [1.29, 1.82) is 0 Å². The molecule has 13 heteroatoms. The largest absolute Gasteiger partial charge is 0.480 e. The summed E-state index contributed by atoms with van der Waals surface area (Å²) in [5, 5.41) is 15.8. The number of amides is 2. The van der Waals surface area contributed by atoms with Crippen LogP contribution in [-0.2, 0) is 26.0 Å². The Morgan fingerprint density at radius 2 is 1.55 bits per heavy atom. The fourth-order valence-electron chi connectivity index (χ4n) is 4.34. The maximum atomic E-state index is 13.3. The molecule has 0 radical (unpaired) electrons. The number of carboxylic acids is 1. The highest BCUT2D eigenvalue weighted by atomic mass is 35.5. The van der Waals surface area contributed by atoms with Crippen LogP contribution in [0.1, 0.15) is 28.8 Å². The van der Waals surface area contributed by atoms with E-state index in [0.717, 1.165) is 4.31 Å². The number of hydrogen-bond acceptors (Lipinski definition) is 5. The van der Waals surface area contributed by atoms with Gasteiger partial charge in [-0.05, 0) is 73.0 Å². The van der Waals surface area contributed by atoms with Gasteiger partial charge in [0.25, 0.3) is 5.91 Å². The smallest absolute Gasteiger partial charge is 0.326 e. The van der Waals surface area contributed by atoms with Crippen LogP contribution in [0.2, 0.25) is 15.1 Å². The van der Waals surface area contributed by atoms with E-state index in [4.69, 9.17) is 34.8 Å². The third-order valence-corrected chi connectivity index (χ3v) is 8.90. The first-order valence-corrected chi connectivity index (χ1v) is 14.7. The molecule has 3 aromatic rings. The van der Waals surface area contributed by atoms with Crippen LogP contribution in [0.4, 0.5) is 5.69 Å². The summed E-state index contributed by atoms with van der Waals surface area (Å²) < 4.78 is 27.6. The molecule has 210 valence electrons. The predicted octanol–water partition coefficient (Wildman–Crippen LogP) is 4.86. The van der Waals surface area contributed by atoms with Crippen LogP contribution in [0.5, 0.6) is 0 Å². The van der Waals surface area contributed by atoms with Gasteiger partial charge < -0.3 is 15.7 Å². The molecule has 2 amide bonds. The Morgan fingerprint density at radius 3 is 2.15 bits per heavy atom. The second kappa shape index (κ2) is 12.6. The molecule has 1 saturated heterocycles. The van der Waals surface area contributed by atoms with Crippen LogP contribution in [-0.4, -0.2) is 54.2 Å². The number of aliphatic carboxylic acids is 1. The number of halogens is 3. The van der Waals surface area contributed by atoms with Gasteiger partial charge in [-0.15, -0.1) is 0 Å². The van der Waals surface area contributed by atoms with Crippen molar-refractivity contribution >= 4 is 68.3 Å². The molecule has 0 unspecified atom stereocenters. The zero-order valence-corrected chi connectivity index (χ0v) is 23.9. The van der Waals surface area contributed by atoms with Crippen molar-refractivity contribution in [2.45, 2.75) is 36.2 Å². The van der Waals surface area contributed by atoms with Crippen molar-refractivity contribution < 1.29 is 27.9 Å². The summed E-state index contributed by atoms with van der Waals surface area (Å²) in [7, 11) is -4.11. The molecule has 4 rings (SSSR count). The van der Waals surface area contributed by atoms with E-state index in [1.54, 1.807) is 48.5 Å². The number of carboxylic acid groups (broad SMARTS) is 1. The Bertz CT molecular complexity index is 1510. The van der Waals surface area contributed by atoms with E-state index in [-0.39, 0.29) is 40.2 Å². The highest BCUT2D eigenvalue weighted by Gasteiger charge is 2.40. The molecular formula is C27H24Cl3N3O6S. The third-order valence-electron chi connectivity index (χ3n) is 6.32.